The number of aromatic nitrogens is 4. The van der Waals surface area contributed by atoms with Crippen molar-refractivity contribution in [2.75, 3.05) is 13.1 Å². The molecule has 0 saturated carbocycles. The number of fused-ring (bicyclic) bond motifs is 1. The number of aliphatic hydroxyl groups is 1. The molecule has 1 N–H and O–H groups in total. The normalized spacial score (nSPS) is 18.5. The molecule has 0 radical (unpaired) electrons. The van der Waals surface area contributed by atoms with Crippen LogP contribution in [-0.2, 0) is 19.7 Å². The molecule has 0 spiro atoms. The van der Waals surface area contributed by atoms with E-state index in [-0.39, 0.29) is 12.4 Å². The molecule has 1 aliphatic heterocycles. The lowest BCUT2D eigenvalue weighted by atomic mass is 9.98. The maximum atomic E-state index is 14.0. The average molecular weight is 355 g/mol. The molecule has 2 aromatic heterocycles. The third-order valence-corrected chi connectivity index (χ3v) is 4.91. The van der Waals surface area contributed by atoms with Crippen LogP contribution in [0.15, 0.2) is 36.5 Å². The molecule has 1 aromatic carbocycles. The van der Waals surface area contributed by atoms with Crippen molar-refractivity contribution in [3.8, 4) is 0 Å². The monoisotopic (exact) mass is 355 g/mol. The van der Waals surface area contributed by atoms with Gasteiger partial charge in [-0.2, -0.15) is 0 Å². The van der Waals surface area contributed by atoms with Gasteiger partial charge >= 0.3 is 0 Å². The fourth-order valence-electron chi connectivity index (χ4n) is 3.68. The van der Waals surface area contributed by atoms with Gasteiger partial charge in [0.05, 0.1) is 18.5 Å². The van der Waals surface area contributed by atoms with Crippen LogP contribution in [0.5, 0.6) is 0 Å². The third kappa shape index (κ3) is 3.73. The number of hydrogen-bond donors (Lipinski definition) is 1. The number of hydrogen-bond acceptors (Lipinski definition) is 5. The van der Waals surface area contributed by atoms with E-state index in [9.17, 15) is 4.39 Å². The molecule has 1 saturated heterocycles. The first-order valence-corrected chi connectivity index (χ1v) is 8.97. The minimum Gasteiger partial charge on any atom is -0.390 e. The summed E-state index contributed by atoms with van der Waals surface area (Å²) in [6, 6.07) is 8.96. The lowest BCUT2D eigenvalue weighted by Gasteiger charge is -2.32. The van der Waals surface area contributed by atoms with Crippen LogP contribution in [0.4, 0.5) is 4.39 Å². The molecular formula is C19H22FN5O. The van der Waals surface area contributed by atoms with Gasteiger partial charge in [-0.3, -0.25) is 9.58 Å². The predicted octanol–water partition coefficient (Wildman–Crippen LogP) is 2.37. The van der Waals surface area contributed by atoms with Gasteiger partial charge in [0.1, 0.15) is 17.0 Å². The Morgan fingerprint density at radius 1 is 1.19 bits per heavy atom. The van der Waals surface area contributed by atoms with Crippen LogP contribution in [0, 0.1) is 11.7 Å². The molecule has 6 nitrogen and oxygen atoms in total. The number of likely N-dealkylation sites (tertiary alicyclic amines) is 1. The maximum absolute atomic E-state index is 14.0. The van der Waals surface area contributed by atoms with Gasteiger partial charge in [-0.25, -0.2) is 9.37 Å². The first-order chi connectivity index (χ1) is 12.7. The van der Waals surface area contributed by atoms with Gasteiger partial charge in [-0.15, -0.1) is 5.10 Å². The molecule has 0 unspecified atom stereocenters. The van der Waals surface area contributed by atoms with Gasteiger partial charge in [0.2, 0.25) is 0 Å². The molecule has 0 amide bonds. The Bertz CT molecular complexity index is 897. The fraction of sp³-hybridized carbons (Fsp3) is 0.421. The second-order valence-corrected chi connectivity index (χ2v) is 6.95. The standard InChI is InChI=1S/C19H22FN5O/c20-18-5-1-4-15-6-7-16(21-19(15)18)11-24-8-2-3-14(9-24)10-25-12-17(13-26)22-23-25/h1,4-7,12,14,26H,2-3,8-11,13H2/t14-/m0/s1. The smallest absolute Gasteiger partial charge is 0.149 e. The Labute approximate surface area is 151 Å². The first kappa shape index (κ1) is 17.1. The van der Waals surface area contributed by atoms with Crippen molar-refractivity contribution in [2.24, 2.45) is 5.92 Å². The number of para-hydroxylation sites is 1. The van der Waals surface area contributed by atoms with Crippen LogP contribution >= 0.6 is 0 Å². The van der Waals surface area contributed by atoms with E-state index in [1.54, 1.807) is 12.3 Å². The zero-order valence-electron chi connectivity index (χ0n) is 14.6. The molecule has 7 heteroatoms. The molecule has 3 aromatic rings. The predicted molar refractivity (Wildman–Crippen MR) is 95.6 cm³/mol. The van der Waals surface area contributed by atoms with Crippen molar-refractivity contribution in [3.63, 3.8) is 0 Å². The summed E-state index contributed by atoms with van der Waals surface area (Å²) in [4.78, 5) is 6.89. The molecule has 1 fully saturated rings. The summed E-state index contributed by atoms with van der Waals surface area (Å²) >= 11 is 0. The molecular weight excluding hydrogens is 333 g/mol. The Hall–Kier alpha value is -2.38. The highest BCUT2D eigenvalue weighted by Gasteiger charge is 2.21. The summed E-state index contributed by atoms with van der Waals surface area (Å²) in [6.45, 7) is 3.41. The fourth-order valence-corrected chi connectivity index (χ4v) is 3.68. The van der Waals surface area contributed by atoms with Crippen molar-refractivity contribution in [2.45, 2.75) is 32.5 Å². The van der Waals surface area contributed by atoms with Gasteiger partial charge in [0.25, 0.3) is 0 Å². The largest absolute Gasteiger partial charge is 0.390 e. The van der Waals surface area contributed by atoms with Crippen molar-refractivity contribution < 1.29 is 9.50 Å². The summed E-state index contributed by atoms with van der Waals surface area (Å²) in [5, 5.41) is 17.9. The zero-order valence-corrected chi connectivity index (χ0v) is 14.6. The molecule has 0 aliphatic carbocycles. The third-order valence-electron chi connectivity index (χ3n) is 4.91. The van der Waals surface area contributed by atoms with E-state index in [0.717, 1.165) is 50.1 Å². The second kappa shape index (κ2) is 7.47. The number of benzene rings is 1. The van der Waals surface area contributed by atoms with E-state index in [1.165, 1.54) is 6.07 Å². The SMILES string of the molecule is OCc1cn(C[C@H]2CCCN(Cc3ccc4cccc(F)c4n3)C2)nn1. The molecule has 1 aliphatic rings. The maximum Gasteiger partial charge on any atom is 0.149 e. The van der Waals surface area contributed by atoms with E-state index in [0.29, 0.717) is 17.1 Å². The Morgan fingerprint density at radius 2 is 2.12 bits per heavy atom. The van der Waals surface area contributed by atoms with E-state index in [1.807, 2.05) is 22.9 Å². The molecule has 1 atom stereocenters. The second-order valence-electron chi connectivity index (χ2n) is 6.95. The van der Waals surface area contributed by atoms with Crippen LogP contribution in [0.2, 0.25) is 0 Å². The lowest BCUT2D eigenvalue weighted by Crippen LogP contribution is -2.36. The first-order valence-electron chi connectivity index (χ1n) is 8.97. The van der Waals surface area contributed by atoms with Crippen LogP contribution < -0.4 is 0 Å². The average Bonchev–Trinajstić information content (AvgIpc) is 3.10. The summed E-state index contributed by atoms with van der Waals surface area (Å²) < 4.78 is 15.8. The molecule has 136 valence electrons. The highest BCUT2D eigenvalue weighted by Crippen LogP contribution is 2.21. The highest BCUT2D eigenvalue weighted by atomic mass is 19.1. The number of rotatable bonds is 5. The van der Waals surface area contributed by atoms with Gasteiger partial charge in [-0.1, -0.05) is 23.4 Å². The Morgan fingerprint density at radius 3 is 2.96 bits per heavy atom. The van der Waals surface area contributed by atoms with Crippen LogP contribution in [0.1, 0.15) is 24.2 Å². The van der Waals surface area contributed by atoms with Gasteiger partial charge in [-0.05, 0) is 37.4 Å². The number of aliphatic hydroxyl groups excluding tert-OH is 1. The van der Waals surface area contributed by atoms with Crippen molar-refractivity contribution in [3.05, 3.63) is 53.7 Å². The van der Waals surface area contributed by atoms with Gasteiger partial charge in [0.15, 0.2) is 0 Å². The molecule has 26 heavy (non-hydrogen) atoms. The van der Waals surface area contributed by atoms with E-state index in [4.69, 9.17) is 5.11 Å². The van der Waals surface area contributed by atoms with E-state index in [2.05, 4.69) is 20.2 Å². The van der Waals surface area contributed by atoms with Gasteiger partial charge < -0.3 is 5.11 Å². The summed E-state index contributed by atoms with van der Waals surface area (Å²) in [5.74, 6) is 0.209. The lowest BCUT2D eigenvalue weighted by molar-refractivity contribution is 0.151. The van der Waals surface area contributed by atoms with Gasteiger partial charge in [0, 0.05) is 25.0 Å². The highest BCUT2D eigenvalue weighted by molar-refractivity contribution is 5.79. The zero-order chi connectivity index (χ0) is 17.9. The topological polar surface area (TPSA) is 67.1 Å². The Balaban J connectivity index is 1.42. The summed E-state index contributed by atoms with van der Waals surface area (Å²) in [7, 11) is 0. The number of halogens is 1. The minimum absolute atomic E-state index is 0.0824. The van der Waals surface area contributed by atoms with E-state index < -0.39 is 0 Å². The van der Waals surface area contributed by atoms with Crippen molar-refractivity contribution in [1.29, 1.82) is 0 Å². The minimum atomic E-state index is -0.272. The van der Waals surface area contributed by atoms with Crippen LogP contribution in [0.25, 0.3) is 10.9 Å². The quantitative estimate of drug-likeness (QED) is 0.761. The van der Waals surface area contributed by atoms with Crippen LogP contribution in [0.3, 0.4) is 0 Å². The molecule has 3 heterocycles. The summed E-state index contributed by atoms with van der Waals surface area (Å²) in [6.07, 6.45) is 4.06. The van der Waals surface area contributed by atoms with Crippen molar-refractivity contribution in [1.82, 2.24) is 24.9 Å². The number of pyridine rings is 1. The number of nitrogens with zero attached hydrogens (tertiary/aromatic N) is 5. The Kier molecular flexibility index (Phi) is 4.90. The number of piperidine rings is 1. The van der Waals surface area contributed by atoms with Crippen LogP contribution in [-0.4, -0.2) is 43.1 Å². The van der Waals surface area contributed by atoms with Crippen molar-refractivity contribution >= 4 is 10.9 Å². The molecule has 0 bridgehead atoms. The van der Waals surface area contributed by atoms with E-state index >= 15 is 0 Å². The molecule has 4 rings (SSSR count). The summed E-state index contributed by atoms with van der Waals surface area (Å²) in [5.41, 5.74) is 1.93.